The maximum Gasteiger partial charge on any atom is 0.335 e. The number of rotatable bonds is 4. The van der Waals surface area contributed by atoms with Crippen LogP contribution in [0, 0.1) is 0 Å². The van der Waals surface area contributed by atoms with Crippen molar-refractivity contribution in [2.45, 2.75) is 6.92 Å². The number of nitrogens with zero attached hydrogens (tertiary/aromatic N) is 1. The highest BCUT2D eigenvalue weighted by Crippen LogP contribution is 2.24. The first-order valence-corrected chi connectivity index (χ1v) is 6.30. The fourth-order valence-electron chi connectivity index (χ4n) is 1.44. The number of amides is 2. The average Bonchev–Trinajstić information content (AvgIpc) is 2.30. The van der Waals surface area contributed by atoms with E-state index in [0.29, 0.717) is 16.7 Å². The first-order valence-electron chi connectivity index (χ1n) is 5.50. The van der Waals surface area contributed by atoms with Crippen LogP contribution in [0.2, 0.25) is 0 Å². The fourth-order valence-corrected chi connectivity index (χ4v) is 1.91. The minimum Gasteiger partial charge on any atom is -0.478 e. The van der Waals surface area contributed by atoms with Crippen LogP contribution in [0.3, 0.4) is 0 Å². The molecule has 2 amide bonds. The lowest BCUT2D eigenvalue weighted by Gasteiger charge is -2.18. The quantitative estimate of drug-likeness (QED) is 0.835. The van der Waals surface area contributed by atoms with Gasteiger partial charge in [-0.3, -0.25) is 0 Å². The minimum absolute atomic E-state index is 0.153. The Morgan fingerprint density at radius 1 is 1.47 bits per heavy atom. The number of benzene rings is 1. The zero-order valence-corrected chi connectivity index (χ0v) is 12.3. The van der Waals surface area contributed by atoms with Crippen molar-refractivity contribution in [1.29, 1.82) is 0 Å². The number of anilines is 1. The highest BCUT2D eigenvalue weighted by molar-refractivity contribution is 9.10. The molecule has 0 spiro atoms. The molecule has 1 rings (SSSR count). The Morgan fingerprint density at radius 3 is 2.58 bits per heavy atom. The van der Waals surface area contributed by atoms with Gasteiger partial charge in [-0.15, -0.1) is 0 Å². The third kappa shape index (κ3) is 4.40. The second kappa shape index (κ2) is 6.38. The topological polar surface area (TPSA) is 69.6 Å². The summed E-state index contributed by atoms with van der Waals surface area (Å²) in [4.78, 5) is 24.1. The van der Waals surface area contributed by atoms with Gasteiger partial charge in [-0.25, -0.2) is 9.59 Å². The molecule has 0 saturated heterocycles. The van der Waals surface area contributed by atoms with Crippen molar-refractivity contribution in [3.8, 4) is 0 Å². The monoisotopic (exact) mass is 326 g/mol. The van der Waals surface area contributed by atoms with E-state index < -0.39 is 5.97 Å². The van der Waals surface area contributed by atoms with Crippen LogP contribution < -0.4 is 5.32 Å². The summed E-state index contributed by atoms with van der Waals surface area (Å²) < 4.78 is 0.518. The molecule has 0 heterocycles. The lowest BCUT2D eigenvalue weighted by atomic mass is 10.2. The number of hydrogen-bond acceptors (Lipinski definition) is 2. The number of likely N-dealkylation sites (N-methyl/N-ethyl adjacent to an activating group) is 1. The number of carbonyl (C=O) groups excluding carboxylic acids is 1. The molecule has 19 heavy (non-hydrogen) atoms. The summed E-state index contributed by atoms with van der Waals surface area (Å²) in [5.41, 5.74) is 1.54. The molecule has 0 aromatic heterocycles. The van der Waals surface area contributed by atoms with Crippen LogP contribution in [-0.2, 0) is 0 Å². The molecule has 0 radical (unpaired) electrons. The van der Waals surface area contributed by atoms with Crippen LogP contribution in [0.4, 0.5) is 10.5 Å². The summed E-state index contributed by atoms with van der Waals surface area (Å²) in [7, 11) is 1.66. The van der Waals surface area contributed by atoms with Crippen LogP contribution in [0.1, 0.15) is 17.3 Å². The second-order valence-electron chi connectivity index (χ2n) is 4.24. The number of nitrogens with one attached hydrogen (secondary N) is 1. The summed E-state index contributed by atoms with van der Waals surface area (Å²) in [6, 6.07) is 4.13. The molecule has 1 aromatic carbocycles. The van der Waals surface area contributed by atoms with Gasteiger partial charge in [0.25, 0.3) is 0 Å². The summed E-state index contributed by atoms with van der Waals surface area (Å²) >= 11 is 3.23. The maximum atomic E-state index is 11.9. The van der Waals surface area contributed by atoms with Crippen LogP contribution in [0.15, 0.2) is 34.8 Å². The van der Waals surface area contributed by atoms with Gasteiger partial charge in [0.1, 0.15) is 0 Å². The normalized spacial score (nSPS) is 9.84. The van der Waals surface area contributed by atoms with Crippen LogP contribution in [0.25, 0.3) is 0 Å². The number of hydrogen-bond donors (Lipinski definition) is 2. The van der Waals surface area contributed by atoms with Crippen molar-refractivity contribution in [1.82, 2.24) is 4.90 Å². The Morgan fingerprint density at radius 2 is 2.11 bits per heavy atom. The number of carboxylic acid groups (broad SMARTS) is 1. The molecule has 1 aromatic rings. The van der Waals surface area contributed by atoms with Gasteiger partial charge in [-0.1, -0.05) is 12.2 Å². The lowest BCUT2D eigenvalue weighted by molar-refractivity contribution is 0.0697. The molecule has 0 atom stereocenters. The zero-order valence-electron chi connectivity index (χ0n) is 10.7. The smallest absolute Gasteiger partial charge is 0.335 e. The molecule has 102 valence electrons. The standard InChI is InChI=1S/C13H15BrN2O3/c1-8(2)7-16(3)13(19)15-11-5-4-9(12(17)18)6-10(11)14/h4-6H,1,7H2,2-3H3,(H,15,19)(H,17,18). The predicted molar refractivity (Wildman–Crippen MR) is 77.6 cm³/mol. The first-order chi connectivity index (χ1) is 8.81. The van der Waals surface area contributed by atoms with Crippen molar-refractivity contribution >= 4 is 33.6 Å². The van der Waals surface area contributed by atoms with Crippen molar-refractivity contribution in [3.05, 3.63) is 40.4 Å². The third-order valence-electron chi connectivity index (χ3n) is 2.31. The van der Waals surface area contributed by atoms with Crippen molar-refractivity contribution < 1.29 is 14.7 Å². The fraction of sp³-hybridized carbons (Fsp3) is 0.231. The van der Waals surface area contributed by atoms with Gasteiger partial charge in [0.15, 0.2) is 0 Å². The van der Waals surface area contributed by atoms with E-state index in [9.17, 15) is 9.59 Å². The third-order valence-corrected chi connectivity index (χ3v) is 2.97. The molecule has 0 aliphatic carbocycles. The maximum absolute atomic E-state index is 11.9. The van der Waals surface area contributed by atoms with Gasteiger partial charge >= 0.3 is 12.0 Å². The second-order valence-corrected chi connectivity index (χ2v) is 5.10. The average molecular weight is 327 g/mol. The Balaban J connectivity index is 2.80. The van der Waals surface area contributed by atoms with Crippen molar-refractivity contribution in [2.24, 2.45) is 0 Å². The van der Waals surface area contributed by atoms with E-state index in [0.717, 1.165) is 5.57 Å². The molecule has 6 heteroatoms. The Hall–Kier alpha value is -1.82. The van der Waals surface area contributed by atoms with Gasteiger partial charge in [-0.05, 0) is 41.1 Å². The number of urea groups is 1. The van der Waals surface area contributed by atoms with Crippen LogP contribution >= 0.6 is 15.9 Å². The molecule has 0 bridgehead atoms. The summed E-state index contributed by atoms with van der Waals surface area (Å²) in [6.07, 6.45) is 0. The molecule has 0 fully saturated rings. The molecule has 0 unspecified atom stereocenters. The molecule has 5 nitrogen and oxygen atoms in total. The van der Waals surface area contributed by atoms with E-state index in [-0.39, 0.29) is 11.6 Å². The molecule has 0 aliphatic heterocycles. The van der Waals surface area contributed by atoms with Crippen molar-refractivity contribution in [3.63, 3.8) is 0 Å². The van der Waals surface area contributed by atoms with Crippen LogP contribution in [-0.4, -0.2) is 35.6 Å². The summed E-state index contributed by atoms with van der Waals surface area (Å²) in [5.74, 6) is -1.02. The highest BCUT2D eigenvalue weighted by Gasteiger charge is 2.12. The van der Waals surface area contributed by atoms with E-state index in [1.807, 2.05) is 6.92 Å². The number of carbonyl (C=O) groups is 2. The summed E-state index contributed by atoms with van der Waals surface area (Å²) in [5, 5.41) is 11.5. The zero-order chi connectivity index (χ0) is 14.6. The number of halogens is 1. The van der Waals surface area contributed by atoms with Gasteiger partial charge in [0.2, 0.25) is 0 Å². The molecular formula is C13H15BrN2O3. The van der Waals surface area contributed by atoms with Gasteiger partial charge in [0, 0.05) is 18.1 Å². The Labute approximate surface area is 120 Å². The SMILES string of the molecule is C=C(C)CN(C)C(=O)Nc1ccc(C(=O)O)cc1Br. The predicted octanol–water partition coefficient (Wildman–Crippen LogP) is 3.19. The first kappa shape index (κ1) is 15.2. The minimum atomic E-state index is -1.02. The Bertz CT molecular complexity index is 529. The Kier molecular flexibility index (Phi) is 5.11. The number of aromatic carboxylic acids is 1. The largest absolute Gasteiger partial charge is 0.478 e. The molecule has 0 saturated carbocycles. The van der Waals surface area contributed by atoms with Gasteiger partial charge in [-0.2, -0.15) is 0 Å². The lowest BCUT2D eigenvalue weighted by Crippen LogP contribution is -2.32. The van der Waals surface area contributed by atoms with E-state index in [1.165, 1.54) is 17.0 Å². The van der Waals surface area contributed by atoms with E-state index in [1.54, 1.807) is 13.1 Å². The molecule has 0 aliphatic rings. The van der Waals surface area contributed by atoms with E-state index in [2.05, 4.69) is 27.8 Å². The van der Waals surface area contributed by atoms with E-state index >= 15 is 0 Å². The van der Waals surface area contributed by atoms with Gasteiger partial charge in [0.05, 0.1) is 11.3 Å². The summed E-state index contributed by atoms with van der Waals surface area (Å²) in [6.45, 7) is 6.03. The van der Waals surface area contributed by atoms with Crippen LogP contribution in [0.5, 0.6) is 0 Å². The highest BCUT2D eigenvalue weighted by atomic mass is 79.9. The van der Waals surface area contributed by atoms with Gasteiger partial charge < -0.3 is 15.3 Å². The number of carboxylic acids is 1. The molecule has 2 N–H and O–H groups in total. The van der Waals surface area contributed by atoms with Crippen molar-refractivity contribution in [2.75, 3.05) is 18.9 Å². The van der Waals surface area contributed by atoms with E-state index in [4.69, 9.17) is 5.11 Å². The molecular weight excluding hydrogens is 312 g/mol.